The lowest BCUT2D eigenvalue weighted by Gasteiger charge is -2.15. The van der Waals surface area contributed by atoms with E-state index >= 15 is 0 Å². The molecule has 3 aromatic carbocycles. The Labute approximate surface area is 178 Å². The first-order chi connectivity index (χ1) is 13.6. The quantitative estimate of drug-likeness (QED) is 0.426. The molecule has 0 aliphatic carbocycles. The van der Waals surface area contributed by atoms with Crippen molar-refractivity contribution in [3.63, 3.8) is 0 Å². The average Bonchev–Trinajstić information content (AvgIpc) is 2.72. The van der Waals surface area contributed by atoms with Gasteiger partial charge in [-0.1, -0.05) is 39.7 Å². The van der Waals surface area contributed by atoms with Crippen molar-refractivity contribution in [1.82, 2.24) is 0 Å². The number of methoxy groups -OCH3 is 2. The SMILES string of the molecule is COc1ccc(NCc2cc(OC)c(OCc3cccc(Cl)c3)cc2Br)cc1. The third-order valence-corrected chi connectivity index (χ3v) is 5.16. The fourth-order valence-corrected chi connectivity index (χ4v) is 3.35. The van der Waals surface area contributed by atoms with Gasteiger partial charge in [0.25, 0.3) is 0 Å². The summed E-state index contributed by atoms with van der Waals surface area (Å²) in [5.41, 5.74) is 3.06. The molecule has 0 saturated carbocycles. The summed E-state index contributed by atoms with van der Waals surface area (Å²) in [7, 11) is 3.29. The monoisotopic (exact) mass is 461 g/mol. The van der Waals surface area contributed by atoms with Gasteiger partial charge < -0.3 is 19.5 Å². The highest BCUT2D eigenvalue weighted by atomic mass is 79.9. The summed E-state index contributed by atoms with van der Waals surface area (Å²) >= 11 is 9.66. The maximum absolute atomic E-state index is 6.03. The zero-order valence-electron chi connectivity index (χ0n) is 15.7. The zero-order valence-corrected chi connectivity index (χ0v) is 18.0. The molecule has 1 N–H and O–H groups in total. The molecule has 0 unspecified atom stereocenters. The molecule has 0 aliphatic rings. The van der Waals surface area contributed by atoms with E-state index in [4.69, 9.17) is 25.8 Å². The summed E-state index contributed by atoms with van der Waals surface area (Å²) in [6.07, 6.45) is 0. The Kier molecular flexibility index (Phi) is 7.06. The number of benzene rings is 3. The van der Waals surface area contributed by atoms with Crippen LogP contribution in [0.4, 0.5) is 5.69 Å². The van der Waals surface area contributed by atoms with Gasteiger partial charge in [-0.05, 0) is 59.7 Å². The molecule has 0 saturated heterocycles. The first kappa shape index (κ1) is 20.4. The Morgan fingerprint density at radius 3 is 2.39 bits per heavy atom. The summed E-state index contributed by atoms with van der Waals surface area (Å²) in [6, 6.07) is 19.3. The van der Waals surface area contributed by atoms with Crippen LogP contribution >= 0.6 is 27.5 Å². The summed E-state index contributed by atoms with van der Waals surface area (Å²) in [5.74, 6) is 2.17. The van der Waals surface area contributed by atoms with Crippen LogP contribution in [0.3, 0.4) is 0 Å². The highest BCUT2D eigenvalue weighted by Gasteiger charge is 2.11. The number of hydrogen-bond donors (Lipinski definition) is 1. The van der Waals surface area contributed by atoms with E-state index in [1.807, 2.05) is 60.7 Å². The number of anilines is 1. The van der Waals surface area contributed by atoms with Crippen LogP contribution in [0, 0.1) is 0 Å². The van der Waals surface area contributed by atoms with E-state index in [1.54, 1.807) is 14.2 Å². The lowest BCUT2D eigenvalue weighted by atomic mass is 10.2. The van der Waals surface area contributed by atoms with Crippen molar-refractivity contribution in [3.05, 3.63) is 81.3 Å². The molecule has 3 aromatic rings. The van der Waals surface area contributed by atoms with Crippen LogP contribution in [0.15, 0.2) is 65.1 Å². The first-order valence-corrected chi connectivity index (χ1v) is 9.87. The van der Waals surface area contributed by atoms with Crippen LogP contribution in [-0.4, -0.2) is 14.2 Å². The summed E-state index contributed by atoms with van der Waals surface area (Å²) < 4.78 is 17.6. The second kappa shape index (κ2) is 9.71. The summed E-state index contributed by atoms with van der Waals surface area (Å²) in [4.78, 5) is 0. The van der Waals surface area contributed by atoms with Crippen molar-refractivity contribution in [1.29, 1.82) is 0 Å². The fourth-order valence-electron chi connectivity index (χ4n) is 2.68. The van der Waals surface area contributed by atoms with Crippen LogP contribution in [0.5, 0.6) is 17.2 Å². The van der Waals surface area contributed by atoms with Gasteiger partial charge in [0.15, 0.2) is 11.5 Å². The summed E-state index contributed by atoms with van der Waals surface area (Å²) in [6.45, 7) is 1.05. The topological polar surface area (TPSA) is 39.7 Å². The van der Waals surface area contributed by atoms with Crippen molar-refractivity contribution < 1.29 is 14.2 Å². The maximum Gasteiger partial charge on any atom is 0.162 e. The van der Waals surface area contributed by atoms with Gasteiger partial charge in [-0.3, -0.25) is 0 Å². The molecule has 4 nitrogen and oxygen atoms in total. The smallest absolute Gasteiger partial charge is 0.162 e. The molecule has 0 fully saturated rings. The van der Waals surface area contributed by atoms with E-state index in [0.29, 0.717) is 29.7 Å². The van der Waals surface area contributed by atoms with Gasteiger partial charge in [-0.25, -0.2) is 0 Å². The lowest BCUT2D eigenvalue weighted by Crippen LogP contribution is -2.03. The Bertz CT molecular complexity index is 932. The van der Waals surface area contributed by atoms with Crippen LogP contribution in [0.1, 0.15) is 11.1 Å². The molecule has 0 heterocycles. The van der Waals surface area contributed by atoms with Crippen molar-refractivity contribution in [2.75, 3.05) is 19.5 Å². The van der Waals surface area contributed by atoms with Gasteiger partial charge in [-0.2, -0.15) is 0 Å². The van der Waals surface area contributed by atoms with Gasteiger partial charge in [0, 0.05) is 21.7 Å². The molecular weight excluding hydrogens is 442 g/mol. The largest absolute Gasteiger partial charge is 0.497 e. The van der Waals surface area contributed by atoms with E-state index in [9.17, 15) is 0 Å². The highest BCUT2D eigenvalue weighted by Crippen LogP contribution is 2.34. The summed E-state index contributed by atoms with van der Waals surface area (Å²) in [5, 5.41) is 4.08. The minimum absolute atomic E-state index is 0.410. The standard InChI is InChI=1S/C22H21BrClNO3/c1-26-19-8-6-18(7-9-19)25-13-16-11-21(27-2)22(12-20(16)23)28-14-15-4-3-5-17(24)10-15/h3-12,25H,13-14H2,1-2H3. The van der Waals surface area contributed by atoms with E-state index in [2.05, 4.69) is 21.2 Å². The van der Waals surface area contributed by atoms with Crippen molar-refractivity contribution in [2.24, 2.45) is 0 Å². The minimum Gasteiger partial charge on any atom is -0.497 e. The van der Waals surface area contributed by atoms with E-state index < -0.39 is 0 Å². The zero-order chi connectivity index (χ0) is 19.9. The minimum atomic E-state index is 0.410. The molecule has 0 aromatic heterocycles. The van der Waals surface area contributed by atoms with Gasteiger partial charge in [0.2, 0.25) is 0 Å². The molecule has 0 spiro atoms. The molecule has 6 heteroatoms. The Balaban J connectivity index is 1.69. The van der Waals surface area contributed by atoms with E-state index in [0.717, 1.165) is 27.0 Å². The number of hydrogen-bond acceptors (Lipinski definition) is 4. The number of halogens is 2. The fraction of sp³-hybridized carbons (Fsp3) is 0.182. The predicted octanol–water partition coefficient (Wildman–Crippen LogP) is 6.31. The van der Waals surface area contributed by atoms with Gasteiger partial charge in [-0.15, -0.1) is 0 Å². The average molecular weight is 463 g/mol. The second-order valence-corrected chi connectivity index (χ2v) is 7.39. The van der Waals surface area contributed by atoms with Crippen LogP contribution < -0.4 is 19.5 Å². The molecular formula is C22H21BrClNO3. The molecule has 0 atom stereocenters. The second-order valence-electron chi connectivity index (χ2n) is 6.10. The van der Waals surface area contributed by atoms with Gasteiger partial charge in [0.1, 0.15) is 12.4 Å². The van der Waals surface area contributed by atoms with Crippen LogP contribution in [-0.2, 0) is 13.2 Å². The lowest BCUT2D eigenvalue weighted by molar-refractivity contribution is 0.284. The molecule has 0 radical (unpaired) electrons. The van der Waals surface area contributed by atoms with Gasteiger partial charge >= 0.3 is 0 Å². The third-order valence-electron chi connectivity index (χ3n) is 4.19. The normalized spacial score (nSPS) is 10.4. The van der Waals surface area contributed by atoms with Gasteiger partial charge in [0.05, 0.1) is 14.2 Å². The molecule has 0 bridgehead atoms. The van der Waals surface area contributed by atoms with Crippen molar-refractivity contribution in [2.45, 2.75) is 13.2 Å². The molecule has 0 amide bonds. The Morgan fingerprint density at radius 2 is 1.71 bits per heavy atom. The molecule has 3 rings (SSSR count). The number of nitrogens with one attached hydrogen (secondary N) is 1. The van der Waals surface area contributed by atoms with Crippen molar-refractivity contribution in [3.8, 4) is 17.2 Å². The molecule has 0 aliphatic heterocycles. The molecule has 28 heavy (non-hydrogen) atoms. The third kappa shape index (κ3) is 5.33. The highest BCUT2D eigenvalue weighted by molar-refractivity contribution is 9.10. The van der Waals surface area contributed by atoms with E-state index in [1.165, 1.54) is 0 Å². The van der Waals surface area contributed by atoms with E-state index in [-0.39, 0.29) is 0 Å². The predicted molar refractivity (Wildman–Crippen MR) is 117 cm³/mol. The maximum atomic E-state index is 6.03. The molecule has 146 valence electrons. The van der Waals surface area contributed by atoms with Crippen LogP contribution in [0.25, 0.3) is 0 Å². The Morgan fingerprint density at radius 1 is 0.929 bits per heavy atom. The van der Waals surface area contributed by atoms with Crippen LogP contribution in [0.2, 0.25) is 5.02 Å². The number of rotatable bonds is 8. The Hall–Kier alpha value is -2.37. The first-order valence-electron chi connectivity index (χ1n) is 8.70. The van der Waals surface area contributed by atoms with Crippen molar-refractivity contribution >= 4 is 33.2 Å². The number of ether oxygens (including phenoxy) is 3.